The number of para-hydroxylation sites is 1. The molecule has 0 radical (unpaired) electrons. The zero-order valence-electron chi connectivity index (χ0n) is 8.39. The third-order valence-corrected chi connectivity index (χ3v) is 2.54. The summed E-state index contributed by atoms with van der Waals surface area (Å²) in [6.07, 6.45) is 0. The van der Waals surface area contributed by atoms with E-state index in [1.165, 1.54) is 0 Å². The van der Waals surface area contributed by atoms with Gasteiger partial charge in [-0.25, -0.2) is 0 Å². The molecule has 1 aliphatic heterocycles. The van der Waals surface area contributed by atoms with Crippen LogP contribution in [0, 0.1) is 0 Å². The van der Waals surface area contributed by atoms with Gasteiger partial charge in [0, 0.05) is 18.8 Å². The molecule has 1 aliphatic rings. The van der Waals surface area contributed by atoms with Crippen molar-refractivity contribution in [3.8, 4) is 0 Å². The van der Waals surface area contributed by atoms with Crippen LogP contribution in [0.2, 0.25) is 0 Å². The molecule has 1 aromatic carbocycles. The van der Waals surface area contributed by atoms with E-state index in [9.17, 15) is 4.79 Å². The van der Waals surface area contributed by atoms with Gasteiger partial charge >= 0.3 is 0 Å². The number of aliphatic hydroxyl groups is 1. The Balaban J connectivity index is 2.19. The predicted octanol–water partition coefficient (Wildman–Crippen LogP) is -0.0163. The monoisotopic (exact) mass is 206 g/mol. The Hall–Kier alpha value is -1.39. The van der Waals surface area contributed by atoms with Crippen LogP contribution in [0.4, 0.5) is 5.69 Å². The minimum atomic E-state index is -0.459. The SMILES string of the molecule is O=C1C(CO)NCCN1c1ccccc1. The minimum Gasteiger partial charge on any atom is -0.394 e. The molecule has 2 rings (SSSR count). The number of nitrogens with one attached hydrogen (secondary N) is 1. The molecule has 4 heteroatoms. The highest BCUT2D eigenvalue weighted by atomic mass is 16.3. The number of hydrogen-bond donors (Lipinski definition) is 2. The van der Waals surface area contributed by atoms with E-state index in [1.807, 2.05) is 30.3 Å². The average molecular weight is 206 g/mol. The van der Waals surface area contributed by atoms with Crippen LogP contribution in [0.5, 0.6) is 0 Å². The maximum absolute atomic E-state index is 11.9. The normalized spacial score (nSPS) is 21.8. The van der Waals surface area contributed by atoms with Crippen LogP contribution in [0.1, 0.15) is 0 Å². The molecule has 1 heterocycles. The van der Waals surface area contributed by atoms with Crippen molar-refractivity contribution in [2.45, 2.75) is 6.04 Å². The Labute approximate surface area is 88.5 Å². The van der Waals surface area contributed by atoms with Gasteiger partial charge in [-0.15, -0.1) is 0 Å². The molecule has 1 aromatic rings. The van der Waals surface area contributed by atoms with E-state index in [0.29, 0.717) is 13.1 Å². The maximum Gasteiger partial charge on any atom is 0.246 e. The molecule has 1 saturated heterocycles. The number of aliphatic hydroxyl groups excluding tert-OH is 1. The third-order valence-electron chi connectivity index (χ3n) is 2.54. The molecule has 2 N–H and O–H groups in total. The lowest BCUT2D eigenvalue weighted by molar-refractivity contribution is -0.122. The molecule has 1 fully saturated rings. The summed E-state index contributed by atoms with van der Waals surface area (Å²) in [5, 5.41) is 12.0. The number of anilines is 1. The molecule has 0 aromatic heterocycles. The fourth-order valence-corrected chi connectivity index (χ4v) is 1.74. The van der Waals surface area contributed by atoms with Gasteiger partial charge in [0.25, 0.3) is 0 Å². The van der Waals surface area contributed by atoms with Gasteiger partial charge in [-0.2, -0.15) is 0 Å². The van der Waals surface area contributed by atoms with Gasteiger partial charge in [-0.05, 0) is 12.1 Å². The first-order valence-corrected chi connectivity index (χ1v) is 5.03. The number of nitrogens with zero attached hydrogens (tertiary/aromatic N) is 1. The fraction of sp³-hybridized carbons (Fsp3) is 0.364. The summed E-state index contributed by atoms with van der Waals surface area (Å²) in [6.45, 7) is 1.22. The Morgan fingerprint density at radius 2 is 2.13 bits per heavy atom. The van der Waals surface area contributed by atoms with Crippen molar-refractivity contribution in [2.24, 2.45) is 0 Å². The van der Waals surface area contributed by atoms with Crippen molar-refractivity contribution in [1.82, 2.24) is 5.32 Å². The molecule has 0 spiro atoms. The minimum absolute atomic E-state index is 0.0602. The first-order valence-electron chi connectivity index (χ1n) is 5.03. The van der Waals surface area contributed by atoms with Crippen molar-refractivity contribution >= 4 is 11.6 Å². The molecular weight excluding hydrogens is 192 g/mol. The molecule has 80 valence electrons. The average Bonchev–Trinajstić information content (AvgIpc) is 2.30. The standard InChI is InChI=1S/C11H14N2O2/c14-8-10-11(15)13(7-6-12-10)9-4-2-1-3-5-9/h1-5,10,12,14H,6-8H2. The first-order chi connectivity index (χ1) is 7.33. The van der Waals surface area contributed by atoms with Crippen LogP contribution >= 0.6 is 0 Å². The van der Waals surface area contributed by atoms with E-state index >= 15 is 0 Å². The molecule has 0 saturated carbocycles. The molecule has 1 amide bonds. The lowest BCUT2D eigenvalue weighted by Crippen LogP contribution is -2.56. The van der Waals surface area contributed by atoms with E-state index in [4.69, 9.17) is 5.11 Å². The van der Waals surface area contributed by atoms with Crippen molar-refractivity contribution < 1.29 is 9.90 Å². The number of rotatable bonds is 2. The largest absolute Gasteiger partial charge is 0.394 e. The van der Waals surface area contributed by atoms with Gasteiger partial charge in [-0.1, -0.05) is 18.2 Å². The van der Waals surface area contributed by atoms with E-state index in [2.05, 4.69) is 5.32 Å². The number of piperazine rings is 1. The van der Waals surface area contributed by atoms with Gasteiger partial charge in [-0.3, -0.25) is 4.79 Å². The highest BCUT2D eigenvalue weighted by Gasteiger charge is 2.28. The molecular formula is C11H14N2O2. The van der Waals surface area contributed by atoms with Gasteiger partial charge in [0.2, 0.25) is 5.91 Å². The number of hydrogen-bond acceptors (Lipinski definition) is 3. The maximum atomic E-state index is 11.9. The topological polar surface area (TPSA) is 52.6 Å². The molecule has 1 unspecified atom stereocenters. The van der Waals surface area contributed by atoms with E-state index < -0.39 is 6.04 Å². The lowest BCUT2D eigenvalue weighted by atomic mass is 10.2. The highest BCUT2D eigenvalue weighted by molar-refractivity contribution is 5.98. The van der Waals surface area contributed by atoms with Crippen LogP contribution < -0.4 is 10.2 Å². The van der Waals surface area contributed by atoms with Crippen LogP contribution in [-0.4, -0.2) is 36.8 Å². The Bertz CT molecular complexity index is 340. The summed E-state index contributed by atoms with van der Waals surface area (Å²) in [4.78, 5) is 13.6. The number of carbonyl (C=O) groups excluding carboxylic acids is 1. The summed E-state index contributed by atoms with van der Waals surface area (Å²) in [5.74, 6) is -0.0602. The van der Waals surface area contributed by atoms with E-state index in [-0.39, 0.29) is 12.5 Å². The summed E-state index contributed by atoms with van der Waals surface area (Å²) in [7, 11) is 0. The van der Waals surface area contributed by atoms with Gasteiger partial charge in [0.15, 0.2) is 0 Å². The zero-order chi connectivity index (χ0) is 10.7. The first kappa shape index (κ1) is 10.1. The van der Waals surface area contributed by atoms with Crippen LogP contribution in [0.25, 0.3) is 0 Å². The van der Waals surface area contributed by atoms with E-state index in [1.54, 1.807) is 4.90 Å². The Morgan fingerprint density at radius 3 is 2.80 bits per heavy atom. The fourth-order valence-electron chi connectivity index (χ4n) is 1.74. The molecule has 15 heavy (non-hydrogen) atoms. The number of carbonyl (C=O) groups is 1. The zero-order valence-corrected chi connectivity index (χ0v) is 8.39. The summed E-state index contributed by atoms with van der Waals surface area (Å²) in [6, 6.07) is 9.06. The molecule has 1 atom stereocenters. The second-order valence-corrected chi connectivity index (χ2v) is 3.51. The van der Waals surface area contributed by atoms with Crippen molar-refractivity contribution in [3.05, 3.63) is 30.3 Å². The highest BCUT2D eigenvalue weighted by Crippen LogP contribution is 2.15. The van der Waals surface area contributed by atoms with Crippen LogP contribution in [0.3, 0.4) is 0 Å². The van der Waals surface area contributed by atoms with Crippen molar-refractivity contribution in [3.63, 3.8) is 0 Å². The van der Waals surface area contributed by atoms with Gasteiger partial charge < -0.3 is 15.3 Å². The molecule has 0 bridgehead atoms. The summed E-state index contributed by atoms with van der Waals surface area (Å²) >= 11 is 0. The van der Waals surface area contributed by atoms with Crippen molar-refractivity contribution in [1.29, 1.82) is 0 Å². The number of benzene rings is 1. The second-order valence-electron chi connectivity index (χ2n) is 3.51. The Kier molecular flexibility index (Phi) is 2.99. The van der Waals surface area contributed by atoms with Crippen molar-refractivity contribution in [2.75, 3.05) is 24.6 Å². The summed E-state index contributed by atoms with van der Waals surface area (Å²) in [5.41, 5.74) is 0.891. The van der Waals surface area contributed by atoms with Gasteiger partial charge in [0.05, 0.1) is 6.61 Å². The summed E-state index contributed by atoms with van der Waals surface area (Å²) < 4.78 is 0. The molecule has 4 nitrogen and oxygen atoms in total. The quantitative estimate of drug-likeness (QED) is 0.715. The smallest absolute Gasteiger partial charge is 0.246 e. The lowest BCUT2D eigenvalue weighted by Gasteiger charge is -2.32. The third kappa shape index (κ3) is 2.00. The van der Waals surface area contributed by atoms with E-state index in [0.717, 1.165) is 5.69 Å². The second kappa shape index (κ2) is 4.42. The number of amides is 1. The Morgan fingerprint density at radius 1 is 1.40 bits per heavy atom. The molecule has 0 aliphatic carbocycles. The van der Waals surface area contributed by atoms with Crippen LogP contribution in [0.15, 0.2) is 30.3 Å². The van der Waals surface area contributed by atoms with Crippen LogP contribution in [-0.2, 0) is 4.79 Å². The van der Waals surface area contributed by atoms with Gasteiger partial charge in [0.1, 0.15) is 6.04 Å². The predicted molar refractivity (Wildman–Crippen MR) is 57.7 cm³/mol.